The van der Waals surface area contributed by atoms with Gasteiger partial charge >= 0.3 is 18.3 Å². The Morgan fingerprint density at radius 3 is 0.774 bits per heavy atom. The minimum atomic E-state index is -5.19. The predicted octanol–water partition coefficient (Wildman–Crippen LogP) is 4.80. The number of carboxylic acids is 2. The minimum absolute atomic E-state index is 0. The molecule has 1 fully saturated rings. The van der Waals surface area contributed by atoms with Crippen molar-refractivity contribution in [1.29, 1.82) is 0 Å². The summed E-state index contributed by atoms with van der Waals surface area (Å²) in [6.07, 6.45) is -10.3. The van der Waals surface area contributed by atoms with Crippen LogP contribution in [0.4, 0.5) is 26.3 Å². The molecule has 11 heteroatoms. The molecule has 0 aromatic rings. The van der Waals surface area contributed by atoms with Gasteiger partial charge in [-0.2, -0.15) is 26.3 Å². The van der Waals surface area contributed by atoms with Gasteiger partial charge in [-0.3, -0.25) is 0 Å². The third-order valence-corrected chi connectivity index (χ3v) is 3.85. The van der Waals surface area contributed by atoms with E-state index < -0.39 is 24.3 Å². The Morgan fingerprint density at radius 1 is 0.645 bits per heavy atom. The summed E-state index contributed by atoms with van der Waals surface area (Å²) in [5, 5.41) is 15.9. The van der Waals surface area contributed by atoms with E-state index in [1.165, 1.54) is 35.5 Å². The summed E-state index contributed by atoms with van der Waals surface area (Å²) in [5.41, 5.74) is 0. The number of carboxylic acid groups (broad SMARTS) is 2. The van der Waals surface area contributed by atoms with Gasteiger partial charge in [-0.05, 0) is 35.5 Å². The summed E-state index contributed by atoms with van der Waals surface area (Å²) in [4.78, 5) is 17.7. The van der Waals surface area contributed by atoms with Crippen molar-refractivity contribution >= 4 is 11.9 Å². The van der Waals surface area contributed by atoms with Crippen LogP contribution in [0, 0.1) is 63.2 Å². The molecule has 0 aromatic carbocycles. The molecule has 0 heterocycles. The van der Waals surface area contributed by atoms with Gasteiger partial charge < -0.3 is 15.0 Å². The predicted molar refractivity (Wildman–Crippen MR) is 99.7 cm³/mol. The van der Waals surface area contributed by atoms with Gasteiger partial charge in [-0.15, -0.1) is 0 Å². The maximum Gasteiger partial charge on any atom is 0.490 e. The van der Waals surface area contributed by atoms with Crippen LogP contribution in [0.1, 0.15) is 41.5 Å². The molecule has 0 spiro atoms. The molecule has 183 valence electrons. The van der Waals surface area contributed by atoms with E-state index in [0.29, 0.717) is 0 Å². The molecule has 1 aliphatic rings. The molecule has 31 heavy (non-hydrogen) atoms. The van der Waals surface area contributed by atoms with Crippen LogP contribution < -0.4 is 5.11 Å². The second-order valence-electron chi connectivity index (χ2n) is 5.34. The fourth-order valence-electron chi connectivity index (χ4n) is 1.69. The van der Waals surface area contributed by atoms with Gasteiger partial charge in [0.2, 0.25) is 0 Å². The van der Waals surface area contributed by atoms with Crippen molar-refractivity contribution in [3.8, 4) is 0 Å². The van der Waals surface area contributed by atoms with Gasteiger partial charge in [0.25, 0.3) is 0 Å². The monoisotopic (exact) mass is 548 g/mol. The molecule has 1 rings (SSSR count). The number of alkyl halides is 6. The Bertz CT molecular complexity index is 387. The molecular formula is C20H27F6O4Rh-. The van der Waals surface area contributed by atoms with E-state index in [1.54, 1.807) is 0 Å². The molecule has 0 aromatic heterocycles. The van der Waals surface area contributed by atoms with E-state index in [4.69, 9.17) is 19.8 Å². The quantitative estimate of drug-likeness (QED) is 0.349. The van der Waals surface area contributed by atoms with Gasteiger partial charge in [-0.25, -0.2) is 4.79 Å². The van der Waals surface area contributed by atoms with Crippen molar-refractivity contribution in [2.45, 2.75) is 53.9 Å². The Kier molecular flexibility index (Phi) is 24.4. The minimum Gasteiger partial charge on any atom is -0.542 e. The second-order valence-corrected chi connectivity index (χ2v) is 5.34. The molecule has 1 saturated carbocycles. The molecular weight excluding hydrogens is 521 g/mol. The molecule has 4 nitrogen and oxygen atoms in total. The Hall–Kier alpha value is -0.857. The number of rotatable bonds is 0. The molecule has 0 bridgehead atoms. The van der Waals surface area contributed by atoms with E-state index in [1.807, 2.05) is 0 Å². The Balaban J connectivity index is -0.000000104. The fraction of sp³-hybridized carbons (Fsp3) is 0.400. The van der Waals surface area contributed by atoms with E-state index >= 15 is 0 Å². The Labute approximate surface area is 194 Å². The van der Waals surface area contributed by atoms with E-state index in [9.17, 15) is 26.3 Å². The molecule has 0 amide bonds. The number of halogens is 6. The summed E-state index contributed by atoms with van der Waals surface area (Å²) in [6.45, 7) is 25.3. The van der Waals surface area contributed by atoms with E-state index in [-0.39, 0.29) is 19.5 Å². The van der Waals surface area contributed by atoms with Crippen LogP contribution in [0.3, 0.4) is 0 Å². The van der Waals surface area contributed by atoms with Crippen LogP contribution in [0.15, 0.2) is 0 Å². The maximum absolute atomic E-state index is 10.6. The average molecular weight is 548 g/mol. The first kappa shape index (κ1) is 40.5. The summed E-state index contributed by atoms with van der Waals surface area (Å²) >= 11 is 0. The van der Waals surface area contributed by atoms with Crippen LogP contribution in [0.5, 0.6) is 0 Å². The van der Waals surface area contributed by atoms with Crippen molar-refractivity contribution in [3.63, 3.8) is 0 Å². The fourth-order valence-corrected chi connectivity index (χ4v) is 1.69. The third-order valence-electron chi connectivity index (χ3n) is 3.85. The first-order valence-corrected chi connectivity index (χ1v) is 7.97. The molecule has 0 unspecified atom stereocenters. The molecule has 1 aliphatic carbocycles. The molecule has 0 saturated heterocycles. The summed E-state index contributed by atoms with van der Waals surface area (Å²) in [5.74, 6) is 2.96. The number of hydrogen-bond donors (Lipinski definition) is 1. The van der Waals surface area contributed by atoms with E-state index in [2.05, 4.69) is 69.2 Å². The zero-order valence-corrected chi connectivity index (χ0v) is 19.7. The van der Waals surface area contributed by atoms with Crippen LogP contribution in [0.2, 0.25) is 0 Å². The SMILES string of the molecule is C[C]1[C](C)[C](C)[C](C)[C](C)[C]1C.O=C(O)C(F)(F)F.O=C([O-])C(F)(F)F.[CH2][CH2].[CH2][CH2].[Rh]. The number of carbonyl (C=O) groups is 2. The molecule has 1 N–H and O–H groups in total. The van der Waals surface area contributed by atoms with Crippen LogP contribution in [-0.2, 0) is 29.1 Å². The molecule has 11 radical (unpaired) electrons. The maximum atomic E-state index is 10.6. The standard InChI is InChI=1S/C12H18.2C2HF3O2.2C2H4.Rh/c1-7-8(2)10(4)12(6)11(5)9(7)3;2*3-2(4,5)1(6)7;2*1-2;/h1-6H3;2*(H,6,7);2*1-2H2;/p-1. The zero-order valence-electron chi connectivity index (χ0n) is 18.1. The van der Waals surface area contributed by atoms with Crippen molar-refractivity contribution < 1.29 is 65.6 Å². The average Bonchev–Trinajstić information content (AvgIpc) is 2.66. The van der Waals surface area contributed by atoms with Gasteiger partial charge in [0.05, 0.1) is 0 Å². The van der Waals surface area contributed by atoms with Crippen molar-refractivity contribution in [3.05, 3.63) is 63.2 Å². The second kappa shape index (κ2) is 18.7. The smallest absolute Gasteiger partial charge is 0.490 e. The first-order valence-electron chi connectivity index (χ1n) is 7.97. The van der Waals surface area contributed by atoms with Crippen molar-refractivity contribution in [2.75, 3.05) is 0 Å². The van der Waals surface area contributed by atoms with Crippen molar-refractivity contribution in [2.24, 2.45) is 0 Å². The van der Waals surface area contributed by atoms with E-state index in [0.717, 1.165) is 0 Å². The van der Waals surface area contributed by atoms with Gasteiger partial charge in [0.15, 0.2) is 0 Å². The summed E-state index contributed by atoms with van der Waals surface area (Å²) < 4.78 is 63.3. The van der Waals surface area contributed by atoms with Crippen LogP contribution >= 0.6 is 0 Å². The topological polar surface area (TPSA) is 77.4 Å². The zero-order chi connectivity index (χ0) is 25.6. The molecule has 0 atom stereocenters. The third kappa shape index (κ3) is 17.4. The number of aliphatic carboxylic acids is 2. The normalized spacial score (nSPS) is 16.5. The number of carbonyl (C=O) groups excluding carboxylic acids is 1. The molecule has 0 aliphatic heterocycles. The van der Waals surface area contributed by atoms with Gasteiger partial charge in [-0.1, -0.05) is 69.2 Å². The van der Waals surface area contributed by atoms with Gasteiger partial charge in [0, 0.05) is 19.5 Å². The Morgan fingerprint density at radius 2 is 0.742 bits per heavy atom. The largest absolute Gasteiger partial charge is 0.542 e. The number of hydrogen-bond acceptors (Lipinski definition) is 3. The van der Waals surface area contributed by atoms with Gasteiger partial charge in [0.1, 0.15) is 5.97 Å². The first-order chi connectivity index (χ1) is 13.4. The van der Waals surface area contributed by atoms with Crippen LogP contribution in [0.25, 0.3) is 0 Å². The summed E-state index contributed by atoms with van der Waals surface area (Å²) in [7, 11) is 0. The van der Waals surface area contributed by atoms with Crippen molar-refractivity contribution in [1.82, 2.24) is 0 Å². The van der Waals surface area contributed by atoms with Crippen LogP contribution in [-0.4, -0.2) is 29.4 Å². The summed E-state index contributed by atoms with van der Waals surface area (Å²) in [6, 6.07) is 0.